The number of nitrogens with one attached hydrogen (secondary N) is 1. The van der Waals surface area contributed by atoms with Crippen LogP contribution in [0.4, 0.5) is 5.69 Å². The van der Waals surface area contributed by atoms with E-state index in [0.29, 0.717) is 12.1 Å². The number of aliphatic carboxylic acids is 1. The van der Waals surface area contributed by atoms with Gasteiger partial charge in [-0.1, -0.05) is 30.4 Å². The van der Waals surface area contributed by atoms with Crippen molar-refractivity contribution < 1.29 is 14.7 Å². The Morgan fingerprint density at radius 2 is 1.87 bits per heavy atom. The van der Waals surface area contributed by atoms with E-state index < -0.39 is 17.8 Å². The van der Waals surface area contributed by atoms with Gasteiger partial charge in [-0.05, 0) is 30.4 Å². The molecule has 1 fully saturated rings. The number of amides is 1. The Bertz CT molecular complexity index is 830. The van der Waals surface area contributed by atoms with E-state index in [1.807, 2.05) is 42.5 Å². The van der Waals surface area contributed by atoms with Gasteiger partial charge in [0, 0.05) is 17.3 Å². The van der Waals surface area contributed by atoms with Crippen molar-refractivity contribution in [3.05, 3.63) is 48.7 Å². The summed E-state index contributed by atoms with van der Waals surface area (Å²) in [5.74, 6) is -2.82. The molecule has 0 aliphatic heterocycles. The molecule has 1 aromatic heterocycles. The maximum Gasteiger partial charge on any atom is 0.228 e. The number of carbonyl (C=O) groups excluding carboxylic acids is 2. The van der Waals surface area contributed by atoms with Crippen LogP contribution in [0, 0.1) is 23.7 Å². The normalized spacial score (nSPS) is 28.2. The van der Waals surface area contributed by atoms with E-state index in [0.717, 1.165) is 10.9 Å². The topological polar surface area (TPSA) is 82.1 Å². The number of anilines is 1. The molecule has 1 aromatic carbocycles. The van der Waals surface area contributed by atoms with Crippen LogP contribution in [0.2, 0.25) is 0 Å². The molecule has 4 atom stereocenters. The van der Waals surface area contributed by atoms with E-state index in [1.54, 1.807) is 6.20 Å². The summed E-state index contributed by atoms with van der Waals surface area (Å²) in [4.78, 5) is 28.3. The lowest BCUT2D eigenvalue weighted by atomic mass is 9.82. The Hall–Kier alpha value is -2.69. The molecule has 0 saturated heterocycles. The molecule has 2 bridgehead atoms. The molecule has 1 saturated carbocycles. The highest BCUT2D eigenvalue weighted by Gasteiger charge is 2.48. The van der Waals surface area contributed by atoms with Gasteiger partial charge in [0.15, 0.2) is 0 Å². The van der Waals surface area contributed by atoms with Crippen LogP contribution in [0.25, 0.3) is 10.9 Å². The number of hydrogen-bond donors (Lipinski definition) is 1. The Morgan fingerprint density at radius 3 is 2.65 bits per heavy atom. The molecule has 2 aliphatic rings. The zero-order chi connectivity index (χ0) is 16.0. The molecule has 2 aliphatic carbocycles. The first kappa shape index (κ1) is 13.9. The summed E-state index contributed by atoms with van der Waals surface area (Å²) < 4.78 is 0. The number of carboxylic acids is 1. The number of aromatic nitrogens is 1. The van der Waals surface area contributed by atoms with E-state index in [2.05, 4.69) is 10.3 Å². The van der Waals surface area contributed by atoms with Crippen LogP contribution < -0.4 is 10.4 Å². The lowest BCUT2D eigenvalue weighted by Crippen LogP contribution is -2.42. The molecule has 0 radical (unpaired) electrons. The predicted octanol–water partition coefficient (Wildman–Crippen LogP) is 1.36. The van der Waals surface area contributed by atoms with Crippen molar-refractivity contribution >= 4 is 28.5 Å². The van der Waals surface area contributed by atoms with Gasteiger partial charge in [-0.15, -0.1) is 0 Å². The molecular weight excluding hydrogens is 292 g/mol. The number of benzene rings is 1. The Labute approximate surface area is 133 Å². The van der Waals surface area contributed by atoms with Gasteiger partial charge in [0.25, 0.3) is 0 Å². The van der Waals surface area contributed by atoms with Gasteiger partial charge in [-0.3, -0.25) is 9.78 Å². The van der Waals surface area contributed by atoms with Crippen LogP contribution in [-0.4, -0.2) is 16.9 Å². The summed E-state index contributed by atoms with van der Waals surface area (Å²) in [6.07, 6.45) is 6.16. The Balaban J connectivity index is 1.59. The number of hydrogen-bond acceptors (Lipinski definition) is 4. The van der Waals surface area contributed by atoms with Crippen LogP contribution in [0.1, 0.15) is 6.42 Å². The Kier molecular flexibility index (Phi) is 3.15. The third-order valence-electron chi connectivity index (χ3n) is 4.89. The number of fused-ring (bicyclic) bond motifs is 3. The maximum atomic E-state index is 12.6. The second-order valence-corrected chi connectivity index (χ2v) is 6.22. The van der Waals surface area contributed by atoms with Crippen LogP contribution in [0.5, 0.6) is 0 Å². The summed E-state index contributed by atoms with van der Waals surface area (Å²) in [5.41, 5.74) is 1.43. The summed E-state index contributed by atoms with van der Waals surface area (Å²) in [7, 11) is 0. The molecule has 2 aromatic rings. The van der Waals surface area contributed by atoms with Crippen LogP contribution >= 0.6 is 0 Å². The van der Waals surface area contributed by atoms with Crippen molar-refractivity contribution in [1.82, 2.24) is 4.98 Å². The predicted molar refractivity (Wildman–Crippen MR) is 83.1 cm³/mol. The second kappa shape index (κ2) is 5.19. The molecule has 4 rings (SSSR count). The van der Waals surface area contributed by atoms with Crippen molar-refractivity contribution in [2.45, 2.75) is 6.42 Å². The van der Waals surface area contributed by atoms with Crippen LogP contribution in [-0.2, 0) is 9.59 Å². The van der Waals surface area contributed by atoms with Gasteiger partial charge >= 0.3 is 0 Å². The summed E-state index contributed by atoms with van der Waals surface area (Å²) >= 11 is 0. The second-order valence-electron chi connectivity index (χ2n) is 6.22. The number of carbonyl (C=O) groups is 2. The third kappa shape index (κ3) is 2.29. The van der Waals surface area contributed by atoms with Crippen molar-refractivity contribution in [1.29, 1.82) is 0 Å². The van der Waals surface area contributed by atoms with Crippen molar-refractivity contribution in [2.75, 3.05) is 5.32 Å². The number of rotatable bonds is 3. The van der Waals surface area contributed by atoms with Crippen LogP contribution in [0.3, 0.4) is 0 Å². The number of carboxylic acid groups (broad SMARTS) is 1. The van der Waals surface area contributed by atoms with E-state index >= 15 is 0 Å². The Morgan fingerprint density at radius 1 is 1.13 bits per heavy atom. The average molecular weight is 307 g/mol. The SMILES string of the molecule is O=C([O-])[C@@H]1[C@H](C(=O)Nc2cnc3ccccc3c2)[C@@H]2C=C[C@H]1C2. The monoisotopic (exact) mass is 307 g/mol. The smallest absolute Gasteiger partial charge is 0.228 e. The van der Waals surface area contributed by atoms with Crippen LogP contribution in [0.15, 0.2) is 48.7 Å². The van der Waals surface area contributed by atoms with Gasteiger partial charge < -0.3 is 15.2 Å². The zero-order valence-corrected chi connectivity index (χ0v) is 12.3. The van der Waals surface area contributed by atoms with E-state index in [9.17, 15) is 14.7 Å². The number of allylic oxidation sites excluding steroid dienone is 2. The molecular formula is C18H15N2O3-. The molecule has 0 spiro atoms. The van der Waals surface area contributed by atoms with E-state index in [1.165, 1.54) is 0 Å². The van der Waals surface area contributed by atoms with E-state index in [-0.39, 0.29) is 17.7 Å². The maximum absolute atomic E-state index is 12.6. The quantitative estimate of drug-likeness (QED) is 0.868. The largest absolute Gasteiger partial charge is 0.550 e. The number of pyridine rings is 1. The van der Waals surface area contributed by atoms with Gasteiger partial charge in [0.05, 0.1) is 23.3 Å². The van der Waals surface area contributed by atoms with Crippen molar-refractivity contribution in [2.24, 2.45) is 23.7 Å². The molecule has 116 valence electrons. The summed E-state index contributed by atoms with van der Waals surface area (Å²) in [6.45, 7) is 0. The molecule has 5 heteroatoms. The van der Waals surface area contributed by atoms with Crippen molar-refractivity contribution in [3.8, 4) is 0 Å². The summed E-state index contributed by atoms with van der Waals surface area (Å²) in [5, 5.41) is 15.1. The van der Waals surface area contributed by atoms with Gasteiger partial charge in [0.1, 0.15) is 0 Å². The molecule has 1 amide bonds. The first-order chi connectivity index (χ1) is 11.1. The highest BCUT2D eigenvalue weighted by molar-refractivity contribution is 5.97. The molecule has 0 unspecified atom stereocenters. The van der Waals surface area contributed by atoms with Gasteiger partial charge in [-0.25, -0.2) is 0 Å². The summed E-state index contributed by atoms with van der Waals surface area (Å²) in [6, 6.07) is 9.47. The fourth-order valence-electron chi connectivity index (χ4n) is 3.87. The van der Waals surface area contributed by atoms with E-state index in [4.69, 9.17) is 0 Å². The number of nitrogens with zero attached hydrogens (tertiary/aromatic N) is 1. The highest BCUT2D eigenvalue weighted by atomic mass is 16.4. The van der Waals surface area contributed by atoms with Gasteiger partial charge in [-0.2, -0.15) is 0 Å². The molecule has 1 heterocycles. The fraction of sp³-hybridized carbons (Fsp3) is 0.278. The first-order valence-electron chi connectivity index (χ1n) is 7.68. The minimum absolute atomic E-state index is 0.0173. The minimum Gasteiger partial charge on any atom is -0.550 e. The highest BCUT2D eigenvalue weighted by Crippen LogP contribution is 2.48. The average Bonchev–Trinajstić information content (AvgIpc) is 3.15. The minimum atomic E-state index is -1.14. The molecule has 23 heavy (non-hydrogen) atoms. The lowest BCUT2D eigenvalue weighted by molar-refractivity contribution is -0.313. The third-order valence-corrected chi connectivity index (χ3v) is 4.89. The fourth-order valence-corrected chi connectivity index (χ4v) is 3.87. The molecule has 1 N–H and O–H groups in total. The first-order valence-corrected chi connectivity index (χ1v) is 7.68. The van der Waals surface area contributed by atoms with Crippen molar-refractivity contribution in [3.63, 3.8) is 0 Å². The van der Waals surface area contributed by atoms with Gasteiger partial charge in [0.2, 0.25) is 5.91 Å². The standard InChI is InChI=1S/C18H16N2O3/c21-17(15-11-5-6-12(7-11)16(15)18(22)23)20-13-8-10-3-1-2-4-14(10)19-9-13/h1-6,8-9,11-12,15-16H,7H2,(H,20,21)(H,22,23)/p-1/t11-,12+,15-,16+/m1/s1. The zero-order valence-electron chi connectivity index (χ0n) is 12.3. The molecule has 5 nitrogen and oxygen atoms in total. The number of para-hydroxylation sites is 1. The lowest BCUT2D eigenvalue weighted by Gasteiger charge is -2.27.